The normalized spacial score (nSPS) is 12.7. The molecule has 0 aliphatic heterocycles. The van der Waals surface area contributed by atoms with E-state index in [4.69, 9.17) is 10.5 Å². The fraction of sp³-hybridized carbons (Fsp3) is 0.353. The first-order valence-corrected chi connectivity index (χ1v) is 7.12. The number of nitrogens with zero attached hydrogens (tertiary/aromatic N) is 1. The maximum absolute atomic E-state index is 11.5. The van der Waals surface area contributed by atoms with E-state index in [1.165, 1.54) is 16.3 Å². The third-order valence-electron chi connectivity index (χ3n) is 3.80. The lowest BCUT2D eigenvalue weighted by Gasteiger charge is -2.27. The lowest BCUT2D eigenvalue weighted by molar-refractivity contribution is -0.123. The van der Waals surface area contributed by atoms with E-state index in [9.17, 15) is 4.79 Å². The Hall–Kier alpha value is -1.91. The molecule has 2 aromatic rings. The van der Waals surface area contributed by atoms with Crippen molar-refractivity contribution in [3.8, 4) is 0 Å². The van der Waals surface area contributed by atoms with Gasteiger partial charge in [0.2, 0.25) is 5.91 Å². The van der Waals surface area contributed by atoms with Crippen LogP contribution in [0.4, 0.5) is 0 Å². The van der Waals surface area contributed by atoms with Crippen molar-refractivity contribution in [1.29, 1.82) is 0 Å². The highest BCUT2D eigenvalue weighted by Crippen LogP contribution is 2.20. The molecule has 2 aromatic carbocycles. The Balaban J connectivity index is 2.27. The van der Waals surface area contributed by atoms with E-state index in [2.05, 4.69) is 24.3 Å². The molecule has 0 heterocycles. The summed E-state index contributed by atoms with van der Waals surface area (Å²) in [6.07, 6.45) is 0. The molecule has 0 aromatic heterocycles. The molecule has 2 N–H and O–H groups in total. The Kier molecular flexibility index (Phi) is 5.31. The van der Waals surface area contributed by atoms with Crippen LogP contribution < -0.4 is 5.73 Å². The zero-order valence-corrected chi connectivity index (χ0v) is 12.6. The third kappa shape index (κ3) is 3.80. The second kappa shape index (κ2) is 7.20. The number of benzene rings is 2. The van der Waals surface area contributed by atoms with Crippen molar-refractivity contribution >= 4 is 16.7 Å². The van der Waals surface area contributed by atoms with Crippen LogP contribution in [0.1, 0.15) is 12.5 Å². The SMILES string of the molecule is COCCN(Cc1cccc2ccccc12)C(C)C(N)=O. The van der Waals surface area contributed by atoms with E-state index in [0.717, 1.165) is 0 Å². The Morgan fingerprint density at radius 2 is 1.95 bits per heavy atom. The first-order valence-electron chi connectivity index (χ1n) is 7.12. The van der Waals surface area contributed by atoms with Crippen molar-refractivity contribution in [2.45, 2.75) is 19.5 Å². The second-order valence-corrected chi connectivity index (χ2v) is 5.18. The largest absolute Gasteiger partial charge is 0.383 e. The van der Waals surface area contributed by atoms with Gasteiger partial charge in [-0.25, -0.2) is 0 Å². The van der Waals surface area contributed by atoms with Gasteiger partial charge in [0.25, 0.3) is 0 Å². The van der Waals surface area contributed by atoms with Crippen molar-refractivity contribution in [3.05, 3.63) is 48.0 Å². The van der Waals surface area contributed by atoms with Crippen LogP contribution >= 0.6 is 0 Å². The number of hydrogen-bond acceptors (Lipinski definition) is 3. The minimum absolute atomic E-state index is 0.314. The highest BCUT2D eigenvalue weighted by molar-refractivity contribution is 5.85. The van der Waals surface area contributed by atoms with E-state index in [0.29, 0.717) is 19.7 Å². The first-order chi connectivity index (χ1) is 10.1. The van der Waals surface area contributed by atoms with Gasteiger partial charge >= 0.3 is 0 Å². The van der Waals surface area contributed by atoms with E-state index < -0.39 is 0 Å². The molecule has 4 heteroatoms. The lowest BCUT2D eigenvalue weighted by atomic mass is 10.0. The molecule has 0 aliphatic rings. The lowest BCUT2D eigenvalue weighted by Crippen LogP contribution is -2.43. The topological polar surface area (TPSA) is 55.6 Å². The number of ether oxygens (including phenoxy) is 1. The van der Waals surface area contributed by atoms with Gasteiger partial charge < -0.3 is 10.5 Å². The van der Waals surface area contributed by atoms with Gasteiger partial charge in [0.15, 0.2) is 0 Å². The van der Waals surface area contributed by atoms with Crippen LogP contribution in [-0.2, 0) is 16.1 Å². The second-order valence-electron chi connectivity index (χ2n) is 5.18. The van der Waals surface area contributed by atoms with Gasteiger partial charge in [-0.1, -0.05) is 42.5 Å². The van der Waals surface area contributed by atoms with Crippen LogP contribution in [0.25, 0.3) is 10.8 Å². The molecule has 0 radical (unpaired) electrons. The van der Waals surface area contributed by atoms with Gasteiger partial charge in [-0.15, -0.1) is 0 Å². The number of primary amides is 1. The van der Waals surface area contributed by atoms with Crippen LogP contribution in [0.15, 0.2) is 42.5 Å². The summed E-state index contributed by atoms with van der Waals surface area (Å²) in [7, 11) is 1.66. The first kappa shape index (κ1) is 15.5. The van der Waals surface area contributed by atoms with Crippen LogP contribution in [0.5, 0.6) is 0 Å². The van der Waals surface area contributed by atoms with Crippen LogP contribution in [-0.4, -0.2) is 37.1 Å². The van der Waals surface area contributed by atoms with Gasteiger partial charge in [0.1, 0.15) is 0 Å². The third-order valence-corrected chi connectivity index (χ3v) is 3.80. The number of carbonyl (C=O) groups is 1. The van der Waals surface area contributed by atoms with Crippen molar-refractivity contribution in [1.82, 2.24) is 4.90 Å². The van der Waals surface area contributed by atoms with Gasteiger partial charge in [0.05, 0.1) is 12.6 Å². The summed E-state index contributed by atoms with van der Waals surface area (Å²) >= 11 is 0. The number of hydrogen-bond donors (Lipinski definition) is 1. The monoisotopic (exact) mass is 286 g/mol. The van der Waals surface area contributed by atoms with E-state index in [1.54, 1.807) is 7.11 Å². The molecule has 0 spiro atoms. The average molecular weight is 286 g/mol. The number of nitrogens with two attached hydrogens (primary N) is 1. The van der Waals surface area contributed by atoms with E-state index >= 15 is 0 Å². The van der Waals surface area contributed by atoms with Crippen LogP contribution in [0.2, 0.25) is 0 Å². The Morgan fingerprint density at radius 3 is 2.67 bits per heavy atom. The molecule has 1 amide bonds. The standard InChI is InChI=1S/C17H22N2O2/c1-13(17(18)20)19(10-11-21-2)12-15-8-5-7-14-6-3-4-9-16(14)15/h3-9,13H,10-12H2,1-2H3,(H2,18,20). The number of fused-ring (bicyclic) bond motifs is 1. The van der Waals surface area contributed by atoms with Crippen LogP contribution in [0, 0.1) is 0 Å². The molecule has 0 saturated heterocycles. The van der Waals surface area contributed by atoms with Crippen molar-refractivity contribution < 1.29 is 9.53 Å². The molecule has 112 valence electrons. The van der Waals surface area contributed by atoms with Gasteiger partial charge in [0, 0.05) is 20.2 Å². The Labute approximate surface area is 125 Å². The molecular weight excluding hydrogens is 264 g/mol. The summed E-state index contributed by atoms with van der Waals surface area (Å²) in [6, 6.07) is 14.2. The molecule has 1 unspecified atom stereocenters. The molecule has 0 bridgehead atoms. The zero-order chi connectivity index (χ0) is 15.2. The molecule has 0 aliphatic carbocycles. The maximum Gasteiger partial charge on any atom is 0.234 e. The van der Waals surface area contributed by atoms with Crippen molar-refractivity contribution in [3.63, 3.8) is 0 Å². The number of carbonyl (C=O) groups excluding carboxylic acids is 1. The van der Waals surface area contributed by atoms with Crippen molar-refractivity contribution in [2.24, 2.45) is 5.73 Å². The summed E-state index contributed by atoms with van der Waals surface area (Å²) in [4.78, 5) is 13.5. The quantitative estimate of drug-likeness (QED) is 0.848. The maximum atomic E-state index is 11.5. The number of rotatable bonds is 7. The molecule has 1 atom stereocenters. The van der Waals surface area contributed by atoms with E-state index in [-0.39, 0.29) is 11.9 Å². The number of methoxy groups -OCH3 is 1. The fourth-order valence-electron chi connectivity index (χ4n) is 2.45. The number of amides is 1. The fourth-order valence-corrected chi connectivity index (χ4v) is 2.45. The summed E-state index contributed by atoms with van der Waals surface area (Å²) in [6.45, 7) is 3.75. The van der Waals surface area contributed by atoms with Gasteiger partial charge in [-0.05, 0) is 23.3 Å². The Bertz CT molecular complexity index is 607. The van der Waals surface area contributed by atoms with Crippen molar-refractivity contribution in [2.75, 3.05) is 20.3 Å². The molecule has 2 rings (SSSR count). The smallest absolute Gasteiger partial charge is 0.234 e. The minimum Gasteiger partial charge on any atom is -0.383 e. The predicted molar refractivity (Wildman–Crippen MR) is 84.9 cm³/mol. The molecule has 0 saturated carbocycles. The van der Waals surface area contributed by atoms with Crippen LogP contribution in [0.3, 0.4) is 0 Å². The van der Waals surface area contributed by atoms with E-state index in [1.807, 2.05) is 30.0 Å². The zero-order valence-electron chi connectivity index (χ0n) is 12.6. The minimum atomic E-state index is -0.320. The Morgan fingerprint density at radius 1 is 1.24 bits per heavy atom. The summed E-state index contributed by atoms with van der Waals surface area (Å²) in [5.41, 5.74) is 6.65. The molecule has 0 fully saturated rings. The molecule has 21 heavy (non-hydrogen) atoms. The molecule has 4 nitrogen and oxygen atoms in total. The molecular formula is C17H22N2O2. The summed E-state index contributed by atoms with van der Waals surface area (Å²) in [5.74, 6) is -0.314. The predicted octanol–water partition coefficient (Wildman–Crippen LogP) is 2.16. The highest BCUT2D eigenvalue weighted by Gasteiger charge is 2.19. The van der Waals surface area contributed by atoms with Gasteiger partial charge in [-0.3, -0.25) is 9.69 Å². The average Bonchev–Trinajstić information content (AvgIpc) is 2.50. The highest BCUT2D eigenvalue weighted by atomic mass is 16.5. The van der Waals surface area contributed by atoms with Gasteiger partial charge in [-0.2, -0.15) is 0 Å². The summed E-state index contributed by atoms with van der Waals surface area (Å²) < 4.78 is 5.13. The summed E-state index contributed by atoms with van der Waals surface area (Å²) in [5, 5.41) is 2.41.